The number of benzene rings is 1. The average Bonchev–Trinajstić information content (AvgIpc) is 2.47. The molecule has 0 spiro atoms. The largest absolute Gasteiger partial charge is 0.494 e. The van der Waals surface area contributed by atoms with Crippen LogP contribution in [0.15, 0.2) is 24.3 Å². The van der Waals surface area contributed by atoms with Crippen LogP contribution in [-0.4, -0.2) is 35.0 Å². The number of hydrogen-bond donors (Lipinski definition) is 1. The quantitative estimate of drug-likeness (QED) is 0.905. The third-order valence-electron chi connectivity index (χ3n) is 3.90. The van der Waals surface area contributed by atoms with E-state index in [1.54, 1.807) is 4.90 Å². The van der Waals surface area contributed by atoms with Crippen LogP contribution in [0, 0.1) is 5.92 Å². The zero-order valence-corrected chi connectivity index (χ0v) is 12.4. The van der Waals surface area contributed by atoms with Crippen LogP contribution < -0.4 is 4.74 Å². The molecule has 1 saturated heterocycles. The number of rotatable bonds is 5. The van der Waals surface area contributed by atoms with Gasteiger partial charge in [0, 0.05) is 13.0 Å². The molecule has 1 heterocycles. The summed E-state index contributed by atoms with van der Waals surface area (Å²) in [4.78, 5) is 25.2. The molecule has 0 radical (unpaired) electrons. The Kier molecular flexibility index (Phi) is 4.83. The number of carbonyl (C=O) groups is 2. The van der Waals surface area contributed by atoms with Gasteiger partial charge >= 0.3 is 5.97 Å². The number of hydrogen-bond acceptors (Lipinski definition) is 3. The molecule has 2 rings (SSSR count). The van der Waals surface area contributed by atoms with Crippen LogP contribution in [0.25, 0.3) is 0 Å². The summed E-state index contributed by atoms with van der Waals surface area (Å²) >= 11 is 0. The highest BCUT2D eigenvalue weighted by molar-refractivity contribution is 5.81. The highest BCUT2D eigenvalue weighted by Gasteiger charge is 2.39. The zero-order valence-electron chi connectivity index (χ0n) is 12.4. The van der Waals surface area contributed by atoms with Gasteiger partial charge in [-0.2, -0.15) is 0 Å². The van der Waals surface area contributed by atoms with Crippen LogP contribution in [0.5, 0.6) is 5.75 Å². The predicted molar refractivity (Wildman–Crippen MR) is 78.1 cm³/mol. The van der Waals surface area contributed by atoms with Crippen molar-refractivity contribution in [3.8, 4) is 5.75 Å². The monoisotopic (exact) mass is 291 g/mol. The zero-order chi connectivity index (χ0) is 15.4. The Labute approximate surface area is 124 Å². The fraction of sp³-hybridized carbons (Fsp3) is 0.500. The van der Waals surface area contributed by atoms with Gasteiger partial charge in [-0.25, -0.2) is 0 Å². The predicted octanol–water partition coefficient (Wildman–Crippen LogP) is 2.47. The molecule has 1 aromatic rings. The molecule has 1 N–H and O–H groups in total. The number of carboxylic acid groups (broad SMARTS) is 1. The smallest absolute Gasteiger partial charge is 0.308 e. The van der Waals surface area contributed by atoms with Gasteiger partial charge in [0.15, 0.2) is 0 Å². The van der Waals surface area contributed by atoms with Crippen LogP contribution in [0.4, 0.5) is 0 Å². The summed E-state index contributed by atoms with van der Waals surface area (Å²) in [5.41, 5.74) is 0.848. The van der Waals surface area contributed by atoms with Crippen molar-refractivity contribution in [1.29, 1.82) is 0 Å². The van der Waals surface area contributed by atoms with Crippen molar-refractivity contribution >= 4 is 11.9 Å². The molecule has 1 aliphatic rings. The first-order valence-electron chi connectivity index (χ1n) is 7.33. The molecule has 1 aliphatic heterocycles. The summed E-state index contributed by atoms with van der Waals surface area (Å²) in [6.07, 6.45) is 0.695. The molecule has 0 bridgehead atoms. The molecule has 5 heteroatoms. The lowest BCUT2D eigenvalue weighted by molar-refractivity contribution is -0.151. The molecule has 2 unspecified atom stereocenters. The van der Waals surface area contributed by atoms with E-state index in [0.717, 1.165) is 11.3 Å². The number of aliphatic carboxylic acids is 1. The van der Waals surface area contributed by atoms with Crippen molar-refractivity contribution in [2.24, 2.45) is 5.92 Å². The van der Waals surface area contributed by atoms with E-state index in [4.69, 9.17) is 4.74 Å². The van der Waals surface area contributed by atoms with Gasteiger partial charge in [-0.05, 0) is 38.0 Å². The standard InChI is InChI=1S/C16H21NO4/c1-3-17-14(18)10-9-13(16(19)20)15(17)11-5-7-12(8-6-11)21-4-2/h5-8,13,15H,3-4,9-10H2,1-2H3,(H,19,20). The van der Waals surface area contributed by atoms with Crippen molar-refractivity contribution in [2.75, 3.05) is 13.2 Å². The summed E-state index contributed by atoms with van der Waals surface area (Å²) in [6.45, 7) is 4.89. The first kappa shape index (κ1) is 15.4. The SMILES string of the molecule is CCOc1ccc(C2C(C(=O)O)CCC(=O)N2CC)cc1. The second-order valence-electron chi connectivity index (χ2n) is 5.11. The summed E-state index contributed by atoms with van der Waals surface area (Å²) < 4.78 is 5.40. The van der Waals surface area contributed by atoms with E-state index in [1.807, 2.05) is 38.1 Å². The molecule has 2 atom stereocenters. The Balaban J connectivity index is 2.33. The summed E-state index contributed by atoms with van der Waals surface area (Å²) in [7, 11) is 0. The minimum Gasteiger partial charge on any atom is -0.494 e. The topological polar surface area (TPSA) is 66.8 Å². The summed E-state index contributed by atoms with van der Waals surface area (Å²) in [6, 6.07) is 6.96. The molecule has 5 nitrogen and oxygen atoms in total. The van der Waals surface area contributed by atoms with Gasteiger partial charge in [-0.15, -0.1) is 0 Å². The molecule has 21 heavy (non-hydrogen) atoms. The van der Waals surface area contributed by atoms with Gasteiger partial charge < -0.3 is 14.7 Å². The fourth-order valence-corrected chi connectivity index (χ4v) is 2.92. The van der Waals surface area contributed by atoms with Gasteiger partial charge in [0.1, 0.15) is 5.75 Å². The first-order valence-corrected chi connectivity index (χ1v) is 7.33. The Morgan fingerprint density at radius 2 is 2.00 bits per heavy atom. The molecular weight excluding hydrogens is 270 g/mol. The highest BCUT2D eigenvalue weighted by atomic mass is 16.5. The first-order chi connectivity index (χ1) is 10.1. The van der Waals surface area contributed by atoms with E-state index in [9.17, 15) is 14.7 Å². The van der Waals surface area contributed by atoms with Gasteiger partial charge in [0.2, 0.25) is 5.91 Å². The number of likely N-dealkylation sites (tertiary alicyclic amines) is 1. The fourth-order valence-electron chi connectivity index (χ4n) is 2.92. The normalized spacial score (nSPS) is 22.2. The van der Waals surface area contributed by atoms with E-state index in [1.165, 1.54) is 0 Å². The van der Waals surface area contributed by atoms with Crippen LogP contribution in [0.1, 0.15) is 38.3 Å². The Bertz CT molecular complexity index is 510. The molecule has 1 amide bonds. The Morgan fingerprint density at radius 1 is 1.33 bits per heavy atom. The maximum atomic E-state index is 12.1. The van der Waals surface area contributed by atoms with Gasteiger partial charge in [-0.1, -0.05) is 12.1 Å². The van der Waals surface area contributed by atoms with E-state index < -0.39 is 17.9 Å². The molecular formula is C16H21NO4. The number of carboxylic acids is 1. The van der Waals surface area contributed by atoms with E-state index >= 15 is 0 Å². The van der Waals surface area contributed by atoms with Gasteiger partial charge in [-0.3, -0.25) is 9.59 Å². The molecule has 1 fully saturated rings. The molecule has 0 aromatic heterocycles. The third-order valence-corrected chi connectivity index (χ3v) is 3.90. The lowest BCUT2D eigenvalue weighted by atomic mass is 9.84. The maximum absolute atomic E-state index is 12.1. The molecule has 0 saturated carbocycles. The second kappa shape index (κ2) is 6.61. The van der Waals surface area contributed by atoms with Gasteiger partial charge in [0.25, 0.3) is 0 Å². The van der Waals surface area contributed by atoms with E-state index in [0.29, 0.717) is 26.0 Å². The van der Waals surface area contributed by atoms with Crippen LogP contribution in [-0.2, 0) is 9.59 Å². The second-order valence-corrected chi connectivity index (χ2v) is 5.11. The number of ether oxygens (including phenoxy) is 1. The minimum absolute atomic E-state index is 0.0221. The third kappa shape index (κ3) is 3.17. The van der Waals surface area contributed by atoms with Crippen LogP contribution in [0.3, 0.4) is 0 Å². The molecule has 114 valence electrons. The number of nitrogens with zero attached hydrogens (tertiary/aromatic N) is 1. The van der Waals surface area contributed by atoms with Crippen LogP contribution in [0.2, 0.25) is 0 Å². The van der Waals surface area contributed by atoms with E-state index in [-0.39, 0.29) is 5.91 Å². The van der Waals surface area contributed by atoms with Gasteiger partial charge in [0.05, 0.1) is 18.6 Å². The highest BCUT2D eigenvalue weighted by Crippen LogP contribution is 2.37. The number of amides is 1. The summed E-state index contributed by atoms with van der Waals surface area (Å²) in [5, 5.41) is 9.45. The number of carbonyl (C=O) groups excluding carboxylic acids is 1. The van der Waals surface area contributed by atoms with Crippen molar-refractivity contribution in [3.05, 3.63) is 29.8 Å². The Hall–Kier alpha value is -2.04. The van der Waals surface area contributed by atoms with Crippen molar-refractivity contribution in [3.63, 3.8) is 0 Å². The van der Waals surface area contributed by atoms with E-state index in [2.05, 4.69) is 0 Å². The van der Waals surface area contributed by atoms with Crippen LogP contribution >= 0.6 is 0 Å². The average molecular weight is 291 g/mol. The maximum Gasteiger partial charge on any atom is 0.308 e. The minimum atomic E-state index is -0.847. The lowest BCUT2D eigenvalue weighted by Crippen LogP contribution is -2.45. The Morgan fingerprint density at radius 3 is 2.52 bits per heavy atom. The molecule has 1 aromatic carbocycles. The van der Waals surface area contributed by atoms with Crippen molar-refractivity contribution in [1.82, 2.24) is 4.90 Å². The van der Waals surface area contributed by atoms with Crippen molar-refractivity contribution < 1.29 is 19.4 Å². The van der Waals surface area contributed by atoms with Crippen molar-refractivity contribution in [2.45, 2.75) is 32.7 Å². The summed E-state index contributed by atoms with van der Waals surface area (Å²) in [5.74, 6) is -0.632. The lowest BCUT2D eigenvalue weighted by Gasteiger charge is -2.39. The number of piperidine rings is 1. The molecule has 0 aliphatic carbocycles.